The average Bonchev–Trinajstić information content (AvgIpc) is 2.31. The lowest BCUT2D eigenvalue weighted by atomic mass is 10.2. The van der Waals surface area contributed by atoms with Gasteiger partial charge in [-0.25, -0.2) is 0 Å². The summed E-state index contributed by atoms with van der Waals surface area (Å²) in [6.45, 7) is 0. The van der Waals surface area contributed by atoms with E-state index < -0.39 is 18.5 Å². The van der Waals surface area contributed by atoms with Crippen molar-refractivity contribution in [3.05, 3.63) is 34.0 Å². The number of anilines is 1. The van der Waals surface area contributed by atoms with Crippen molar-refractivity contribution < 1.29 is 18.0 Å². The maximum Gasteiger partial charge on any atom is 0.397 e. The summed E-state index contributed by atoms with van der Waals surface area (Å²) in [5, 5.41) is 2.92. The number of fused-ring (bicyclic) bond motifs is 1. The third-order valence-corrected chi connectivity index (χ3v) is 3.17. The summed E-state index contributed by atoms with van der Waals surface area (Å²) in [6.07, 6.45) is -4.51. The van der Waals surface area contributed by atoms with E-state index in [2.05, 4.69) is 10.3 Å². The van der Waals surface area contributed by atoms with Crippen LogP contribution in [0.4, 0.5) is 18.9 Å². The first-order valence-electron chi connectivity index (χ1n) is 5.26. The second-order valence-electron chi connectivity index (χ2n) is 3.84. The van der Waals surface area contributed by atoms with Crippen molar-refractivity contribution in [2.24, 2.45) is 0 Å². The van der Waals surface area contributed by atoms with E-state index in [-0.39, 0.29) is 0 Å². The molecule has 19 heavy (non-hydrogen) atoms. The number of alkyl halides is 3. The number of pyridine rings is 1. The number of carbonyl (C=O) groups excluding carboxylic acids is 1. The SMILES string of the molecule is O=C(CC(F)(F)F)Nc1c(I)cnc2ccccc12. The number of benzene rings is 1. The molecule has 0 spiro atoms. The van der Waals surface area contributed by atoms with Gasteiger partial charge >= 0.3 is 6.18 Å². The van der Waals surface area contributed by atoms with Gasteiger partial charge in [-0.1, -0.05) is 18.2 Å². The Balaban J connectivity index is 2.34. The van der Waals surface area contributed by atoms with E-state index in [4.69, 9.17) is 0 Å². The van der Waals surface area contributed by atoms with Gasteiger partial charge in [0.05, 0.1) is 14.8 Å². The lowest BCUT2D eigenvalue weighted by Crippen LogP contribution is -2.21. The van der Waals surface area contributed by atoms with Crippen LogP contribution in [-0.2, 0) is 4.79 Å². The van der Waals surface area contributed by atoms with E-state index in [9.17, 15) is 18.0 Å². The molecule has 0 radical (unpaired) electrons. The maximum absolute atomic E-state index is 12.1. The molecule has 0 bridgehead atoms. The summed E-state index contributed by atoms with van der Waals surface area (Å²) in [6, 6.07) is 6.93. The largest absolute Gasteiger partial charge is 0.397 e. The Morgan fingerprint density at radius 1 is 1.32 bits per heavy atom. The highest BCUT2D eigenvalue weighted by molar-refractivity contribution is 14.1. The number of hydrogen-bond acceptors (Lipinski definition) is 2. The molecule has 0 fully saturated rings. The number of nitrogens with one attached hydrogen (secondary N) is 1. The summed E-state index contributed by atoms with van der Waals surface area (Å²) < 4.78 is 37.0. The molecule has 1 aromatic carbocycles. The molecule has 0 unspecified atom stereocenters. The van der Waals surface area contributed by atoms with Crippen molar-refractivity contribution >= 4 is 45.1 Å². The fourth-order valence-electron chi connectivity index (χ4n) is 1.61. The van der Waals surface area contributed by atoms with Gasteiger partial charge in [0.15, 0.2) is 0 Å². The molecule has 3 nitrogen and oxygen atoms in total. The fraction of sp³-hybridized carbons (Fsp3) is 0.167. The fourth-order valence-corrected chi connectivity index (χ4v) is 2.17. The van der Waals surface area contributed by atoms with Crippen LogP contribution in [0.2, 0.25) is 0 Å². The third kappa shape index (κ3) is 3.55. The van der Waals surface area contributed by atoms with E-state index in [1.165, 1.54) is 6.20 Å². The summed E-state index contributed by atoms with van der Waals surface area (Å²) >= 11 is 1.92. The molecule has 0 aliphatic carbocycles. The van der Waals surface area contributed by atoms with Gasteiger partial charge in [0.2, 0.25) is 5.91 Å². The Morgan fingerprint density at radius 2 is 2.00 bits per heavy atom. The van der Waals surface area contributed by atoms with Crippen molar-refractivity contribution in [1.29, 1.82) is 0 Å². The predicted molar refractivity (Wildman–Crippen MR) is 73.8 cm³/mol. The van der Waals surface area contributed by atoms with Gasteiger partial charge in [0.25, 0.3) is 0 Å². The van der Waals surface area contributed by atoms with Crippen LogP contribution in [0.1, 0.15) is 6.42 Å². The minimum atomic E-state index is -4.52. The third-order valence-electron chi connectivity index (χ3n) is 2.35. The van der Waals surface area contributed by atoms with Crippen molar-refractivity contribution in [3.8, 4) is 0 Å². The first kappa shape index (κ1) is 14.0. The zero-order valence-electron chi connectivity index (χ0n) is 9.46. The van der Waals surface area contributed by atoms with Crippen molar-refractivity contribution in [1.82, 2.24) is 4.98 Å². The zero-order chi connectivity index (χ0) is 14.0. The Labute approximate surface area is 120 Å². The summed E-state index contributed by atoms with van der Waals surface area (Å²) in [7, 11) is 0. The standard InChI is InChI=1S/C12H8F3IN2O/c13-12(14,15)5-10(19)18-11-7-3-1-2-4-9(7)17-6-8(11)16/h1-4,6H,5H2,(H,17,18,19). The first-order chi connectivity index (χ1) is 8.87. The van der Waals surface area contributed by atoms with Crippen LogP contribution >= 0.6 is 22.6 Å². The van der Waals surface area contributed by atoms with Crippen LogP contribution in [0.3, 0.4) is 0 Å². The highest BCUT2D eigenvalue weighted by Gasteiger charge is 2.31. The van der Waals surface area contributed by atoms with E-state index in [0.717, 1.165) is 0 Å². The van der Waals surface area contributed by atoms with Crippen molar-refractivity contribution in [2.75, 3.05) is 5.32 Å². The van der Waals surface area contributed by atoms with Gasteiger partial charge in [0.1, 0.15) is 6.42 Å². The number of hydrogen-bond donors (Lipinski definition) is 1. The Bertz CT molecular complexity index is 628. The molecular formula is C12H8F3IN2O. The van der Waals surface area contributed by atoms with Gasteiger partial charge < -0.3 is 5.32 Å². The molecule has 7 heteroatoms. The molecule has 0 atom stereocenters. The topological polar surface area (TPSA) is 42.0 Å². The van der Waals surface area contributed by atoms with Crippen molar-refractivity contribution in [3.63, 3.8) is 0 Å². The van der Waals surface area contributed by atoms with Crippen LogP contribution in [0, 0.1) is 3.57 Å². The predicted octanol–water partition coefficient (Wildman–Crippen LogP) is 3.73. The van der Waals surface area contributed by atoms with Crippen LogP contribution < -0.4 is 5.32 Å². The minimum Gasteiger partial charge on any atom is -0.324 e. The number of rotatable bonds is 2. The van der Waals surface area contributed by atoms with Crippen LogP contribution in [0.25, 0.3) is 10.9 Å². The zero-order valence-corrected chi connectivity index (χ0v) is 11.6. The van der Waals surface area contributed by atoms with Crippen molar-refractivity contribution in [2.45, 2.75) is 12.6 Å². The average molecular weight is 380 g/mol. The van der Waals surface area contributed by atoms with E-state index in [1.54, 1.807) is 24.3 Å². The normalized spacial score (nSPS) is 11.6. The molecule has 0 aliphatic heterocycles. The smallest absolute Gasteiger partial charge is 0.324 e. The second kappa shape index (κ2) is 5.32. The van der Waals surface area contributed by atoms with Gasteiger partial charge in [-0.3, -0.25) is 9.78 Å². The number of amides is 1. The van der Waals surface area contributed by atoms with Gasteiger partial charge in [-0.2, -0.15) is 13.2 Å². The number of halogens is 4. The van der Waals surface area contributed by atoms with Crippen LogP contribution in [0.5, 0.6) is 0 Å². The maximum atomic E-state index is 12.1. The number of carbonyl (C=O) groups is 1. The second-order valence-corrected chi connectivity index (χ2v) is 5.00. The molecule has 1 amide bonds. The molecular weight excluding hydrogens is 372 g/mol. The molecule has 1 aromatic heterocycles. The van der Waals surface area contributed by atoms with E-state index in [1.807, 2.05) is 22.6 Å². The monoisotopic (exact) mass is 380 g/mol. The van der Waals surface area contributed by atoms with Crippen LogP contribution in [0.15, 0.2) is 30.5 Å². The van der Waals surface area contributed by atoms with E-state index >= 15 is 0 Å². The lowest BCUT2D eigenvalue weighted by Gasteiger charge is -2.11. The molecule has 0 saturated carbocycles. The lowest BCUT2D eigenvalue weighted by molar-refractivity contribution is -0.150. The minimum absolute atomic E-state index is 0.362. The Hall–Kier alpha value is -1.38. The first-order valence-corrected chi connectivity index (χ1v) is 6.34. The van der Waals surface area contributed by atoms with Gasteiger partial charge in [-0.05, 0) is 28.7 Å². The summed E-state index contributed by atoms with van der Waals surface area (Å²) in [4.78, 5) is 15.5. The highest BCUT2D eigenvalue weighted by Crippen LogP contribution is 2.28. The molecule has 0 saturated heterocycles. The van der Waals surface area contributed by atoms with Gasteiger partial charge in [0, 0.05) is 11.6 Å². The number of aromatic nitrogens is 1. The number of nitrogens with zero attached hydrogens (tertiary/aromatic N) is 1. The summed E-state index contributed by atoms with van der Waals surface area (Å²) in [5.74, 6) is -1.08. The Morgan fingerprint density at radius 3 is 2.68 bits per heavy atom. The molecule has 2 aromatic rings. The quantitative estimate of drug-likeness (QED) is 0.807. The molecule has 1 N–H and O–H groups in total. The van der Waals surface area contributed by atoms with Crippen LogP contribution in [-0.4, -0.2) is 17.1 Å². The Kier molecular flexibility index (Phi) is 3.93. The molecule has 2 rings (SSSR count). The summed E-state index contributed by atoms with van der Waals surface area (Å²) in [5.41, 5.74) is 0.977. The molecule has 1 heterocycles. The highest BCUT2D eigenvalue weighted by atomic mass is 127. The molecule has 100 valence electrons. The van der Waals surface area contributed by atoms with E-state index in [0.29, 0.717) is 20.2 Å². The molecule has 0 aliphatic rings. The van der Waals surface area contributed by atoms with Gasteiger partial charge in [-0.15, -0.1) is 0 Å². The number of para-hydroxylation sites is 1.